The Morgan fingerprint density at radius 2 is 0.857 bits per heavy atom. The second-order valence-corrected chi connectivity index (χ2v) is 11.8. The van der Waals surface area contributed by atoms with Gasteiger partial charge in [0.2, 0.25) is 0 Å². The largest absolute Gasteiger partial charge is 0.456 e. The lowest BCUT2D eigenvalue weighted by atomic mass is 9.85. The molecule has 228 valence electrons. The van der Waals surface area contributed by atoms with E-state index in [0.29, 0.717) is 43.8 Å². The summed E-state index contributed by atoms with van der Waals surface area (Å²) in [6, 6.07) is 26.3. The Morgan fingerprint density at radius 1 is 0.347 bits per heavy atom. The maximum Gasteiger partial charge on any atom is 0.136 e. The highest BCUT2D eigenvalue weighted by atomic mass is 16.3. The molecule has 0 saturated heterocycles. The minimum atomic E-state index is -0.541. The zero-order chi connectivity index (χ0) is 43.6. The Bertz CT molecular complexity index is 3560. The van der Waals surface area contributed by atoms with Crippen LogP contribution in [-0.4, -0.2) is 0 Å². The van der Waals surface area contributed by atoms with Crippen LogP contribution >= 0.6 is 0 Å². The molecule has 0 saturated carbocycles. The van der Waals surface area contributed by atoms with Crippen LogP contribution in [0.3, 0.4) is 0 Å². The minimum Gasteiger partial charge on any atom is -0.456 e. The van der Waals surface area contributed by atoms with Gasteiger partial charge in [-0.05, 0) is 113 Å². The lowest BCUT2D eigenvalue weighted by Crippen LogP contribution is -1.91. The van der Waals surface area contributed by atoms with Crippen LogP contribution in [0.15, 0.2) is 186 Å². The average molecular weight is 636 g/mol. The zero-order valence-electron chi connectivity index (χ0n) is 38.7. The van der Waals surface area contributed by atoms with Crippen LogP contribution < -0.4 is 0 Å². The Hall–Kier alpha value is -6.44. The molecular weight excluding hydrogens is 593 g/mol. The van der Waals surface area contributed by atoms with Crippen molar-refractivity contribution in [2.75, 3.05) is 0 Å². The number of fused-ring (bicyclic) bond motifs is 6. The summed E-state index contributed by atoms with van der Waals surface area (Å²) in [5.41, 5.74) is 3.10. The molecule has 0 aliphatic rings. The monoisotopic (exact) mass is 635 g/mol. The van der Waals surface area contributed by atoms with Crippen molar-refractivity contribution in [2.24, 2.45) is 0 Å². The van der Waals surface area contributed by atoms with Crippen molar-refractivity contribution >= 4 is 54.3 Å². The maximum atomic E-state index is 9.42. The highest BCUT2D eigenvalue weighted by molar-refractivity contribution is 6.22. The molecule has 49 heavy (non-hydrogen) atoms. The van der Waals surface area contributed by atoms with Crippen LogP contribution in [0.1, 0.15) is 17.8 Å². The molecule has 0 aliphatic heterocycles. The third kappa shape index (κ3) is 4.55. The normalized spacial score (nSPS) is 15.4. The lowest BCUT2D eigenvalue weighted by Gasteiger charge is -2.18. The van der Waals surface area contributed by atoms with Crippen molar-refractivity contribution in [3.63, 3.8) is 0 Å². The quantitative estimate of drug-likeness (QED) is 0.175. The molecule has 1 nitrogen and oxygen atoms in total. The summed E-state index contributed by atoms with van der Waals surface area (Å²) in [5, 5.41) is 2.39. The van der Waals surface area contributed by atoms with Gasteiger partial charge in [0.25, 0.3) is 0 Å². The van der Waals surface area contributed by atoms with Crippen LogP contribution in [0.25, 0.3) is 98.8 Å². The first-order valence-electron chi connectivity index (χ1n) is 22.3. The van der Waals surface area contributed by atoms with Crippen LogP contribution in [-0.2, 0) is 0 Å². The van der Waals surface area contributed by atoms with Gasteiger partial charge in [-0.2, -0.15) is 0 Å². The van der Waals surface area contributed by atoms with Crippen LogP contribution in [0.4, 0.5) is 0 Å². The summed E-state index contributed by atoms with van der Waals surface area (Å²) in [6.07, 6.45) is 0. The van der Waals surface area contributed by atoms with E-state index in [2.05, 4.69) is 0 Å². The van der Waals surface area contributed by atoms with E-state index < -0.39 is 30.2 Å². The fraction of sp³-hybridized carbons (Fsp3) is 0. The number of furan rings is 1. The molecule has 0 atom stereocenters. The molecule has 0 N–H and O–H groups in total. The average Bonchev–Trinajstić information content (AvgIpc) is 3.70. The Balaban J connectivity index is 1.22. The SMILES string of the molecule is [2H]c1c([2H])c([2H])c2c([2H])c(-c3c4ccccc4c(-c4cccc(-c5c([2H])c([2H])c6c(oc7c([2H])c(-c8ccccc8)c([2H])c([2H])c76)c5[2H])c4)c4ccccc34)c([2H])c([2H])c2c1[2H]. The van der Waals surface area contributed by atoms with Crippen molar-refractivity contribution in [3.05, 3.63) is 182 Å². The van der Waals surface area contributed by atoms with E-state index >= 15 is 0 Å². The Labute approximate surface area is 302 Å². The van der Waals surface area contributed by atoms with Gasteiger partial charge in [0.15, 0.2) is 0 Å². The van der Waals surface area contributed by atoms with Gasteiger partial charge in [0, 0.05) is 10.8 Å². The summed E-state index contributed by atoms with van der Waals surface area (Å²) >= 11 is 0. The molecule has 10 rings (SSSR count). The molecule has 10 aromatic rings. The van der Waals surface area contributed by atoms with Gasteiger partial charge < -0.3 is 4.42 Å². The number of benzene rings is 9. The van der Waals surface area contributed by atoms with Crippen molar-refractivity contribution in [1.82, 2.24) is 0 Å². The van der Waals surface area contributed by atoms with E-state index in [1.165, 1.54) is 0 Å². The van der Waals surface area contributed by atoms with Crippen LogP contribution in [0, 0.1) is 0 Å². The van der Waals surface area contributed by atoms with Gasteiger partial charge in [-0.25, -0.2) is 0 Å². The van der Waals surface area contributed by atoms with Gasteiger partial charge in [-0.15, -0.1) is 0 Å². The first kappa shape index (κ1) is 17.6. The minimum absolute atomic E-state index is 0.0247. The van der Waals surface area contributed by atoms with Gasteiger partial charge >= 0.3 is 0 Å². The van der Waals surface area contributed by atoms with E-state index in [1.807, 2.05) is 60.7 Å². The van der Waals surface area contributed by atoms with E-state index in [0.717, 1.165) is 5.56 Å². The predicted molar refractivity (Wildman–Crippen MR) is 208 cm³/mol. The molecule has 0 fully saturated rings. The summed E-state index contributed by atoms with van der Waals surface area (Å²) in [7, 11) is 0. The van der Waals surface area contributed by atoms with Crippen molar-refractivity contribution in [3.8, 4) is 44.5 Å². The zero-order valence-corrected chi connectivity index (χ0v) is 25.7. The van der Waals surface area contributed by atoms with Crippen molar-refractivity contribution < 1.29 is 22.2 Å². The van der Waals surface area contributed by atoms with Crippen LogP contribution in [0.2, 0.25) is 0 Å². The summed E-state index contributed by atoms with van der Waals surface area (Å²) in [4.78, 5) is 0. The maximum absolute atomic E-state index is 9.42. The summed E-state index contributed by atoms with van der Waals surface area (Å²) in [6.45, 7) is 0. The fourth-order valence-corrected chi connectivity index (χ4v) is 6.72. The summed E-state index contributed by atoms with van der Waals surface area (Å²) in [5.74, 6) is 0. The topological polar surface area (TPSA) is 13.1 Å². The first-order valence-corrected chi connectivity index (χ1v) is 15.8. The third-order valence-electron chi connectivity index (χ3n) is 8.94. The van der Waals surface area contributed by atoms with Crippen molar-refractivity contribution in [2.45, 2.75) is 0 Å². The number of hydrogen-bond acceptors (Lipinski definition) is 1. The van der Waals surface area contributed by atoms with Crippen LogP contribution in [0.5, 0.6) is 0 Å². The van der Waals surface area contributed by atoms with Gasteiger partial charge in [0.05, 0.1) is 17.8 Å². The predicted octanol–water partition coefficient (Wildman–Crippen LogP) is 13.7. The molecular formula is C48H30O. The van der Waals surface area contributed by atoms with Crippen molar-refractivity contribution in [1.29, 1.82) is 0 Å². The second kappa shape index (κ2) is 11.1. The van der Waals surface area contributed by atoms with E-state index in [1.54, 1.807) is 42.5 Å². The highest BCUT2D eigenvalue weighted by Crippen LogP contribution is 2.45. The number of hydrogen-bond donors (Lipinski definition) is 0. The molecule has 0 radical (unpaired) electrons. The molecule has 0 aliphatic carbocycles. The second-order valence-electron chi connectivity index (χ2n) is 11.8. The van der Waals surface area contributed by atoms with Gasteiger partial charge in [0.1, 0.15) is 11.2 Å². The third-order valence-corrected chi connectivity index (χ3v) is 8.94. The molecule has 9 aromatic carbocycles. The first-order chi connectivity index (χ1) is 29.7. The highest BCUT2D eigenvalue weighted by Gasteiger charge is 2.17. The lowest BCUT2D eigenvalue weighted by molar-refractivity contribution is 0.669. The standard InChI is InChI=1S/C48H30O/c1-2-11-31(12-3-1)35-23-25-39-40-26-24-36(30-46(40)49-45(39)29-35)34-15-10-16-37(28-34)47-41-17-6-8-19-43(41)48(44-20-9-7-18-42(44)47)38-22-21-32-13-4-5-14-33(32)27-38/h1-30H/i4D,5D,13D,14D,21D,22D,23D,24D,25D,26D,27D,29D,30D. The fourth-order valence-electron chi connectivity index (χ4n) is 6.72. The Morgan fingerprint density at radius 3 is 1.51 bits per heavy atom. The molecule has 1 aromatic heterocycles. The summed E-state index contributed by atoms with van der Waals surface area (Å²) < 4.78 is 122. The smallest absolute Gasteiger partial charge is 0.136 e. The van der Waals surface area contributed by atoms with E-state index in [-0.39, 0.29) is 97.7 Å². The van der Waals surface area contributed by atoms with E-state index in [4.69, 9.17) is 15.4 Å². The molecule has 0 bridgehead atoms. The Kier molecular flexibility index (Phi) is 3.99. The molecule has 0 spiro atoms. The molecule has 0 unspecified atom stereocenters. The van der Waals surface area contributed by atoms with Gasteiger partial charge in [-0.1, -0.05) is 145 Å². The van der Waals surface area contributed by atoms with E-state index in [9.17, 15) is 6.85 Å². The molecule has 1 heteroatoms. The molecule has 0 amide bonds. The molecule has 1 heterocycles. The number of rotatable bonds is 4. The van der Waals surface area contributed by atoms with Gasteiger partial charge in [-0.3, -0.25) is 0 Å².